The number of anilines is 1. The number of nitriles is 1. The molecule has 0 saturated heterocycles. The van der Waals surface area contributed by atoms with Crippen molar-refractivity contribution in [1.29, 1.82) is 5.26 Å². The van der Waals surface area contributed by atoms with Gasteiger partial charge in [-0.1, -0.05) is 18.6 Å². The van der Waals surface area contributed by atoms with Gasteiger partial charge in [-0.05, 0) is 85.4 Å². The second-order valence-electron chi connectivity index (χ2n) is 8.36. The smallest absolute Gasteiger partial charge is 0.227 e. The van der Waals surface area contributed by atoms with Gasteiger partial charge in [0.15, 0.2) is 0 Å². The van der Waals surface area contributed by atoms with E-state index in [9.17, 15) is 14.4 Å². The van der Waals surface area contributed by atoms with Gasteiger partial charge in [0.1, 0.15) is 5.82 Å². The van der Waals surface area contributed by atoms with E-state index in [0.717, 1.165) is 29.2 Å². The van der Waals surface area contributed by atoms with E-state index in [-0.39, 0.29) is 11.7 Å². The minimum Gasteiger partial charge on any atom is -0.308 e. The van der Waals surface area contributed by atoms with Crippen molar-refractivity contribution in [2.45, 2.75) is 45.6 Å². The van der Waals surface area contributed by atoms with Crippen molar-refractivity contribution in [3.63, 3.8) is 0 Å². The molecule has 4 rings (SSSR count). The summed E-state index contributed by atoms with van der Waals surface area (Å²) >= 11 is 0. The van der Waals surface area contributed by atoms with Crippen LogP contribution in [0.15, 0.2) is 42.5 Å². The Morgan fingerprint density at radius 2 is 2.07 bits per heavy atom. The van der Waals surface area contributed by atoms with Crippen LogP contribution in [-0.2, 0) is 11.3 Å². The molecule has 2 fully saturated rings. The highest BCUT2D eigenvalue weighted by molar-refractivity contribution is 5.94. The highest BCUT2D eigenvalue weighted by Gasteiger charge is 2.40. The lowest BCUT2D eigenvalue weighted by molar-refractivity contribution is -0.120. The molecular formula is C24H25FN2O. The number of halogens is 1. The van der Waals surface area contributed by atoms with Gasteiger partial charge in [0, 0.05) is 12.1 Å². The van der Waals surface area contributed by atoms with E-state index in [4.69, 9.17) is 0 Å². The topological polar surface area (TPSA) is 44.1 Å². The van der Waals surface area contributed by atoms with E-state index < -0.39 is 0 Å². The molecule has 0 radical (unpaired) electrons. The minimum absolute atomic E-state index is 0.0922. The normalized spacial score (nSPS) is 22.8. The number of aryl methyl sites for hydroxylation is 1. The van der Waals surface area contributed by atoms with Gasteiger partial charge in [-0.2, -0.15) is 5.26 Å². The number of amides is 1. The molecule has 0 heterocycles. The molecule has 2 bridgehead atoms. The van der Waals surface area contributed by atoms with Crippen LogP contribution < -0.4 is 4.90 Å². The maximum atomic E-state index is 13.6. The molecule has 2 aromatic carbocycles. The predicted octanol–water partition coefficient (Wildman–Crippen LogP) is 5.37. The van der Waals surface area contributed by atoms with Crippen molar-refractivity contribution in [2.24, 2.45) is 17.8 Å². The van der Waals surface area contributed by atoms with Crippen LogP contribution in [0.25, 0.3) is 0 Å². The van der Waals surface area contributed by atoms with Crippen LogP contribution in [0.1, 0.15) is 48.8 Å². The van der Waals surface area contributed by atoms with Crippen LogP contribution in [0.5, 0.6) is 0 Å². The Labute approximate surface area is 165 Å². The third-order valence-corrected chi connectivity index (χ3v) is 6.47. The first-order valence-corrected chi connectivity index (χ1v) is 10.1. The zero-order valence-corrected chi connectivity index (χ0v) is 16.2. The second kappa shape index (κ2) is 7.75. The number of hydrogen-bond donors (Lipinski definition) is 0. The highest BCUT2D eigenvalue weighted by Crippen LogP contribution is 2.49. The Balaban J connectivity index is 1.60. The largest absolute Gasteiger partial charge is 0.308 e. The molecule has 2 aromatic rings. The van der Waals surface area contributed by atoms with Gasteiger partial charge in [0.2, 0.25) is 5.91 Å². The summed E-state index contributed by atoms with van der Waals surface area (Å²) in [6.45, 7) is 2.23. The molecular weight excluding hydrogens is 351 g/mol. The second-order valence-corrected chi connectivity index (χ2v) is 8.36. The van der Waals surface area contributed by atoms with Crippen molar-refractivity contribution in [3.8, 4) is 6.07 Å². The van der Waals surface area contributed by atoms with E-state index in [1.807, 2.05) is 25.1 Å². The van der Waals surface area contributed by atoms with E-state index in [2.05, 4.69) is 6.07 Å². The Morgan fingerprint density at radius 1 is 1.21 bits per heavy atom. The highest BCUT2D eigenvalue weighted by atomic mass is 19.1. The number of hydrogen-bond acceptors (Lipinski definition) is 2. The van der Waals surface area contributed by atoms with Gasteiger partial charge < -0.3 is 4.90 Å². The van der Waals surface area contributed by atoms with Crippen molar-refractivity contribution in [1.82, 2.24) is 0 Å². The standard InChI is InChI=1S/C24H25FN2O/c1-16-9-22(25)7-8-23(16)27(15-19-4-2-3-18(10-19)14-26)24(28)13-21-12-17-5-6-20(21)11-17/h2-4,7-10,17,20-21H,5-6,11-13,15H2,1H3/t17-,20+,21-/m0/s1. The molecule has 2 saturated carbocycles. The molecule has 2 aliphatic carbocycles. The van der Waals surface area contributed by atoms with E-state index >= 15 is 0 Å². The van der Waals surface area contributed by atoms with Gasteiger partial charge in [-0.3, -0.25) is 4.79 Å². The van der Waals surface area contributed by atoms with Gasteiger partial charge in [0.25, 0.3) is 0 Å². The SMILES string of the molecule is Cc1cc(F)ccc1N(Cc1cccc(C#N)c1)C(=O)C[C@@H]1C[C@H]2CC[C@@H]1C2. The molecule has 28 heavy (non-hydrogen) atoms. The first-order valence-electron chi connectivity index (χ1n) is 10.1. The molecule has 0 N–H and O–H groups in total. The number of rotatable bonds is 5. The van der Waals surface area contributed by atoms with E-state index in [1.165, 1.54) is 31.4 Å². The molecule has 0 aromatic heterocycles. The summed E-state index contributed by atoms with van der Waals surface area (Å²) in [5.74, 6) is 1.76. The summed E-state index contributed by atoms with van der Waals surface area (Å²) in [4.78, 5) is 15.1. The maximum Gasteiger partial charge on any atom is 0.227 e. The van der Waals surface area contributed by atoms with Crippen molar-refractivity contribution in [3.05, 3.63) is 65.0 Å². The predicted molar refractivity (Wildman–Crippen MR) is 107 cm³/mol. The Morgan fingerprint density at radius 3 is 2.75 bits per heavy atom. The Hall–Kier alpha value is -2.67. The van der Waals surface area contributed by atoms with Crippen molar-refractivity contribution < 1.29 is 9.18 Å². The third-order valence-electron chi connectivity index (χ3n) is 6.47. The summed E-state index contributed by atoms with van der Waals surface area (Å²) < 4.78 is 13.6. The maximum absolute atomic E-state index is 13.6. The van der Waals surface area contributed by atoms with Crippen LogP contribution >= 0.6 is 0 Å². The van der Waals surface area contributed by atoms with Crippen molar-refractivity contribution in [2.75, 3.05) is 4.90 Å². The average molecular weight is 376 g/mol. The molecule has 2 aliphatic rings. The molecule has 144 valence electrons. The Bertz CT molecular complexity index is 932. The van der Waals surface area contributed by atoms with Gasteiger partial charge in [0.05, 0.1) is 18.2 Å². The average Bonchev–Trinajstić information content (AvgIpc) is 3.30. The monoisotopic (exact) mass is 376 g/mol. The van der Waals surface area contributed by atoms with Crippen LogP contribution in [0.2, 0.25) is 0 Å². The third kappa shape index (κ3) is 3.80. The summed E-state index contributed by atoms with van der Waals surface area (Å²) in [7, 11) is 0. The summed E-state index contributed by atoms with van der Waals surface area (Å²) in [5.41, 5.74) is 2.98. The zero-order chi connectivity index (χ0) is 19.7. The quantitative estimate of drug-likeness (QED) is 0.704. The van der Waals surface area contributed by atoms with E-state index in [1.54, 1.807) is 17.0 Å². The molecule has 0 unspecified atom stereocenters. The molecule has 1 amide bonds. The van der Waals surface area contributed by atoms with Gasteiger partial charge in [-0.15, -0.1) is 0 Å². The number of fused-ring (bicyclic) bond motifs is 2. The van der Waals surface area contributed by atoms with Crippen LogP contribution in [0.3, 0.4) is 0 Å². The summed E-state index contributed by atoms with van der Waals surface area (Å²) in [6, 6.07) is 14.1. The molecule has 0 spiro atoms. The van der Waals surface area contributed by atoms with Gasteiger partial charge >= 0.3 is 0 Å². The first kappa shape index (κ1) is 18.7. The van der Waals surface area contributed by atoms with Crippen LogP contribution in [-0.4, -0.2) is 5.91 Å². The van der Waals surface area contributed by atoms with Crippen LogP contribution in [0, 0.1) is 41.8 Å². The molecule has 4 heteroatoms. The van der Waals surface area contributed by atoms with Crippen LogP contribution in [0.4, 0.5) is 10.1 Å². The molecule has 3 atom stereocenters. The molecule has 0 aliphatic heterocycles. The number of carbonyl (C=O) groups is 1. The first-order chi connectivity index (χ1) is 13.5. The number of nitrogens with zero attached hydrogens (tertiary/aromatic N) is 2. The fraction of sp³-hybridized carbons (Fsp3) is 0.417. The summed E-state index contributed by atoms with van der Waals surface area (Å²) in [5, 5.41) is 9.17. The Kier molecular flexibility index (Phi) is 5.17. The fourth-order valence-corrected chi connectivity index (χ4v) is 5.11. The number of carbonyl (C=O) groups excluding carboxylic acids is 1. The summed E-state index contributed by atoms with van der Waals surface area (Å²) in [6.07, 6.45) is 5.56. The zero-order valence-electron chi connectivity index (χ0n) is 16.2. The van der Waals surface area contributed by atoms with Crippen molar-refractivity contribution >= 4 is 11.6 Å². The number of benzene rings is 2. The molecule has 3 nitrogen and oxygen atoms in total. The fourth-order valence-electron chi connectivity index (χ4n) is 5.11. The lowest BCUT2D eigenvalue weighted by Gasteiger charge is -2.28. The lowest BCUT2D eigenvalue weighted by atomic mass is 9.86. The van der Waals surface area contributed by atoms with E-state index in [0.29, 0.717) is 30.4 Å². The van der Waals surface area contributed by atoms with Gasteiger partial charge in [-0.25, -0.2) is 4.39 Å². The lowest BCUT2D eigenvalue weighted by Crippen LogP contribution is -2.33. The minimum atomic E-state index is -0.298.